The molecule has 0 amide bonds. The average Bonchev–Trinajstić information content (AvgIpc) is 2.98. The molecule has 0 aliphatic carbocycles. The molecule has 0 atom stereocenters. The fourth-order valence-electron chi connectivity index (χ4n) is 4.74. The molecule has 215 valence electrons. The maximum Gasteiger partial charge on any atom is 0.181 e. The van der Waals surface area contributed by atoms with Crippen LogP contribution in [0, 0.1) is 5.25 Å². The van der Waals surface area contributed by atoms with Gasteiger partial charge in [-0.1, -0.05) is 23.2 Å². The maximum absolute atomic E-state index is 12.6. The Morgan fingerprint density at radius 1 is 0.707 bits per heavy atom. The van der Waals surface area contributed by atoms with E-state index in [0.717, 1.165) is 0 Å². The van der Waals surface area contributed by atoms with Crippen LogP contribution in [0.1, 0.15) is 25.7 Å². The molecule has 0 saturated carbocycles. The number of sulfone groups is 2. The zero-order chi connectivity index (χ0) is 28.3. The Labute approximate surface area is 274 Å². The molecule has 2 aromatic heterocycles. The summed E-state index contributed by atoms with van der Waals surface area (Å²) in [6.45, 7) is 1.93. The molecule has 0 unspecified atom stereocenters. The smallest absolute Gasteiger partial charge is 0.181 e. The maximum atomic E-state index is 12.6. The van der Waals surface area contributed by atoms with E-state index in [1.54, 1.807) is 60.9 Å². The fourth-order valence-corrected chi connectivity index (χ4v) is 8.45. The predicted octanol–water partition coefficient (Wildman–Crippen LogP) is 5.84. The molecular weight excluding hydrogens is 684 g/mol. The number of fused-ring (bicyclic) bond motifs is 2. The van der Waals surface area contributed by atoms with E-state index in [1.165, 1.54) is 0 Å². The van der Waals surface area contributed by atoms with Crippen LogP contribution >= 0.6 is 23.2 Å². The number of aromatic nitrogens is 2. The number of halogens is 2. The van der Waals surface area contributed by atoms with Crippen LogP contribution in [0.15, 0.2) is 70.7 Å². The molecule has 2 saturated heterocycles. The Hall–Kier alpha value is -1.24. The summed E-state index contributed by atoms with van der Waals surface area (Å²) in [5.74, 6) is 0. The molecule has 8 nitrogen and oxygen atoms in total. The topological polar surface area (TPSA) is 113 Å². The van der Waals surface area contributed by atoms with Crippen molar-refractivity contribution < 1.29 is 59.0 Å². The van der Waals surface area contributed by atoms with Gasteiger partial charge in [-0.3, -0.25) is 18.4 Å². The summed E-state index contributed by atoms with van der Waals surface area (Å²) >= 11 is 12.2. The van der Waals surface area contributed by atoms with Crippen molar-refractivity contribution in [3.05, 3.63) is 76.2 Å². The Morgan fingerprint density at radius 2 is 1.20 bits per heavy atom. The first-order valence-corrected chi connectivity index (χ1v) is 16.5. The van der Waals surface area contributed by atoms with Gasteiger partial charge < -0.3 is 9.47 Å². The van der Waals surface area contributed by atoms with Gasteiger partial charge in [-0.25, -0.2) is 8.42 Å². The van der Waals surface area contributed by atoms with Gasteiger partial charge in [0.2, 0.25) is 0 Å². The van der Waals surface area contributed by atoms with Crippen molar-refractivity contribution in [2.24, 2.45) is 0 Å². The standard InChI is InChI=1S/C14H14ClNO3S.C14H13ClNO3S.Y/c2*15-13-3-6-16-14-2-1-11(9-12(13)14)20(17,18)10-4-7-19-8-5-10;/h1-3,6,9-10H,4-5,7-8H2;1-3,6,9H,4-5,7-8H2;/q;-1;. The molecule has 2 fully saturated rings. The summed E-state index contributed by atoms with van der Waals surface area (Å²) in [6, 6.07) is 13.1. The largest absolute Gasteiger partial charge is 0.387 e. The van der Waals surface area contributed by atoms with E-state index in [2.05, 4.69) is 9.97 Å². The van der Waals surface area contributed by atoms with E-state index in [4.69, 9.17) is 32.7 Å². The third kappa shape index (κ3) is 7.29. The number of hydrogen-bond donors (Lipinski definition) is 0. The molecule has 6 rings (SSSR count). The van der Waals surface area contributed by atoms with Gasteiger partial charge in [0.1, 0.15) is 0 Å². The van der Waals surface area contributed by atoms with Gasteiger partial charge in [-0.05, 0) is 61.4 Å². The number of rotatable bonds is 4. The van der Waals surface area contributed by atoms with Crippen LogP contribution in [-0.2, 0) is 61.9 Å². The van der Waals surface area contributed by atoms with Gasteiger partial charge in [0, 0.05) is 87.2 Å². The third-order valence-electron chi connectivity index (χ3n) is 7.00. The quantitative estimate of drug-likeness (QED) is 0.243. The summed E-state index contributed by atoms with van der Waals surface area (Å²) in [4.78, 5) is 8.94. The predicted molar refractivity (Wildman–Crippen MR) is 155 cm³/mol. The average molecular weight is 711 g/mol. The monoisotopic (exact) mass is 710 g/mol. The normalized spacial score (nSPS) is 17.0. The summed E-state index contributed by atoms with van der Waals surface area (Å²) in [5.41, 5.74) is 1.39. The Kier molecular flexibility index (Phi) is 11.2. The molecule has 2 aliphatic heterocycles. The van der Waals surface area contributed by atoms with Crippen molar-refractivity contribution in [2.75, 3.05) is 26.4 Å². The Morgan fingerprint density at radius 3 is 1.76 bits per heavy atom. The van der Waals surface area contributed by atoms with Crippen LogP contribution in [0.3, 0.4) is 0 Å². The summed E-state index contributed by atoms with van der Waals surface area (Å²) in [5, 5.41) is 2.50. The van der Waals surface area contributed by atoms with Crippen molar-refractivity contribution in [3.63, 3.8) is 0 Å². The third-order valence-corrected chi connectivity index (χ3v) is 12.0. The number of pyridine rings is 2. The molecular formula is C28H27Cl2N2O6S2Y-. The summed E-state index contributed by atoms with van der Waals surface area (Å²) in [6.07, 6.45) is 5.22. The fraction of sp³-hybridized carbons (Fsp3) is 0.321. The van der Waals surface area contributed by atoms with Crippen LogP contribution in [0.25, 0.3) is 21.8 Å². The van der Waals surface area contributed by atoms with Gasteiger partial charge in [0.15, 0.2) is 9.84 Å². The van der Waals surface area contributed by atoms with E-state index >= 15 is 0 Å². The SMILES string of the molecule is O=S(=O)(c1ccc2nccc(Cl)c2c1)C1CCOCC1.O=S(=O)(c1ccc2nccc(Cl)c2c1)[C-]1CCOCC1.[Y]. The summed E-state index contributed by atoms with van der Waals surface area (Å²) in [7, 11) is -6.76. The van der Waals surface area contributed by atoms with Crippen molar-refractivity contribution in [1.82, 2.24) is 9.97 Å². The second-order valence-corrected chi connectivity index (χ2v) is 14.6. The van der Waals surface area contributed by atoms with E-state index in [0.29, 0.717) is 94.1 Å². The molecule has 1 radical (unpaired) electrons. The first-order valence-electron chi connectivity index (χ1n) is 12.8. The van der Waals surface area contributed by atoms with Crippen LogP contribution in [0.5, 0.6) is 0 Å². The molecule has 2 aromatic carbocycles. The van der Waals surface area contributed by atoms with Crippen LogP contribution in [-0.4, -0.2) is 58.5 Å². The zero-order valence-electron chi connectivity index (χ0n) is 22.0. The van der Waals surface area contributed by atoms with Gasteiger partial charge >= 0.3 is 0 Å². The second-order valence-electron chi connectivity index (χ2n) is 9.45. The summed E-state index contributed by atoms with van der Waals surface area (Å²) < 4.78 is 60.8. The van der Waals surface area contributed by atoms with Gasteiger partial charge in [-0.2, -0.15) is 5.25 Å². The van der Waals surface area contributed by atoms with Gasteiger partial charge in [0.25, 0.3) is 0 Å². The van der Waals surface area contributed by atoms with Crippen molar-refractivity contribution >= 4 is 64.7 Å². The van der Waals surface area contributed by atoms with Crippen LogP contribution in [0.2, 0.25) is 10.0 Å². The first-order chi connectivity index (χ1) is 19.2. The minimum absolute atomic E-state index is 0. The van der Waals surface area contributed by atoms with E-state index in [9.17, 15) is 16.8 Å². The van der Waals surface area contributed by atoms with E-state index < -0.39 is 19.7 Å². The molecule has 4 heterocycles. The minimum Gasteiger partial charge on any atom is -0.387 e. The van der Waals surface area contributed by atoms with Crippen molar-refractivity contribution in [3.8, 4) is 0 Å². The first kappa shape index (κ1) is 32.7. The van der Waals surface area contributed by atoms with Gasteiger partial charge in [-0.15, -0.1) is 12.8 Å². The molecule has 4 aromatic rings. The molecule has 0 bridgehead atoms. The van der Waals surface area contributed by atoms with Gasteiger partial charge in [0.05, 0.1) is 41.1 Å². The number of hydrogen-bond acceptors (Lipinski definition) is 8. The Balaban J connectivity index is 0.000000184. The van der Waals surface area contributed by atoms with E-state index in [1.807, 2.05) is 0 Å². The molecule has 0 N–H and O–H groups in total. The number of nitrogens with zero attached hydrogens (tertiary/aromatic N) is 2. The minimum atomic E-state index is -3.42. The van der Waals surface area contributed by atoms with Crippen LogP contribution < -0.4 is 0 Å². The Bertz CT molecular complexity index is 1610. The van der Waals surface area contributed by atoms with E-state index in [-0.39, 0.29) is 42.9 Å². The molecule has 41 heavy (non-hydrogen) atoms. The molecule has 2 aliphatic rings. The molecule has 13 heteroatoms. The number of benzene rings is 2. The second kappa shape index (κ2) is 14.0. The van der Waals surface area contributed by atoms with Crippen molar-refractivity contribution in [1.29, 1.82) is 0 Å². The zero-order valence-corrected chi connectivity index (χ0v) is 28.0. The molecule has 0 spiro atoms. The number of ether oxygens (including phenoxy) is 2. The van der Waals surface area contributed by atoms with Crippen LogP contribution in [0.4, 0.5) is 0 Å². The van der Waals surface area contributed by atoms with Crippen molar-refractivity contribution in [2.45, 2.75) is 40.7 Å².